The Morgan fingerprint density at radius 1 is 1.04 bits per heavy atom. The number of hydrogen-bond donors (Lipinski definition) is 0. The maximum Gasteiger partial charge on any atom is 0.242 e. The van der Waals surface area contributed by atoms with Gasteiger partial charge in [0.2, 0.25) is 17.7 Å². The molecule has 0 radical (unpaired) electrons. The number of rotatable bonds is 2. The standard InChI is InChI=1S/C20H24N2O3/c23-17-13-20(10-9-15-7-3-4-8-16(15)20)19(25)22(17)14-18(24)21-11-5-1-2-6-12-21/h3-4,7-8H,1-2,5-6,9-14H2/t20-/m1/s1. The number of aryl methyl sites for hydroxylation is 1. The van der Waals surface area contributed by atoms with Crippen molar-refractivity contribution < 1.29 is 14.4 Å². The number of carbonyl (C=O) groups is 3. The van der Waals surface area contributed by atoms with E-state index in [1.807, 2.05) is 29.2 Å². The summed E-state index contributed by atoms with van der Waals surface area (Å²) >= 11 is 0. The quantitative estimate of drug-likeness (QED) is 0.774. The van der Waals surface area contributed by atoms with Gasteiger partial charge in [0.1, 0.15) is 6.54 Å². The van der Waals surface area contributed by atoms with Gasteiger partial charge in [0.05, 0.1) is 5.41 Å². The average molecular weight is 340 g/mol. The van der Waals surface area contributed by atoms with Crippen LogP contribution in [0.3, 0.4) is 0 Å². The number of imide groups is 1. The molecule has 132 valence electrons. The van der Waals surface area contributed by atoms with Crippen molar-refractivity contribution in [1.82, 2.24) is 9.80 Å². The molecule has 1 aliphatic carbocycles. The van der Waals surface area contributed by atoms with E-state index < -0.39 is 5.41 Å². The summed E-state index contributed by atoms with van der Waals surface area (Å²) in [5.41, 5.74) is 1.41. The first-order valence-electron chi connectivity index (χ1n) is 9.33. The fourth-order valence-electron chi connectivity index (χ4n) is 4.61. The van der Waals surface area contributed by atoms with Crippen LogP contribution in [0.4, 0.5) is 0 Å². The maximum atomic E-state index is 13.1. The summed E-state index contributed by atoms with van der Waals surface area (Å²) in [6.07, 6.45) is 6.00. The van der Waals surface area contributed by atoms with E-state index >= 15 is 0 Å². The first kappa shape index (κ1) is 16.3. The highest BCUT2D eigenvalue weighted by Crippen LogP contribution is 2.46. The average Bonchev–Trinajstić information content (AvgIpc) is 2.94. The van der Waals surface area contributed by atoms with Gasteiger partial charge in [-0.05, 0) is 36.8 Å². The van der Waals surface area contributed by atoms with Crippen LogP contribution in [0.1, 0.15) is 49.7 Å². The normalized spacial score (nSPS) is 26.2. The van der Waals surface area contributed by atoms with Crippen molar-refractivity contribution in [1.29, 1.82) is 0 Å². The molecule has 1 spiro atoms. The summed E-state index contributed by atoms with van der Waals surface area (Å²) in [6, 6.07) is 7.90. The van der Waals surface area contributed by atoms with E-state index in [1.54, 1.807) is 0 Å². The molecule has 0 saturated carbocycles. The van der Waals surface area contributed by atoms with Gasteiger partial charge < -0.3 is 4.90 Å². The van der Waals surface area contributed by atoms with Crippen molar-refractivity contribution in [3.05, 3.63) is 35.4 Å². The molecule has 5 nitrogen and oxygen atoms in total. The molecule has 1 aromatic carbocycles. The third-order valence-electron chi connectivity index (χ3n) is 6.01. The van der Waals surface area contributed by atoms with Crippen LogP contribution in [0.2, 0.25) is 0 Å². The van der Waals surface area contributed by atoms with Gasteiger partial charge in [0, 0.05) is 19.5 Å². The highest BCUT2D eigenvalue weighted by molar-refractivity contribution is 6.11. The van der Waals surface area contributed by atoms with Crippen LogP contribution >= 0.6 is 0 Å². The SMILES string of the molecule is O=C(CN1C(=O)C[C@@]2(CCc3ccccc32)C1=O)N1CCCCCC1. The van der Waals surface area contributed by atoms with Crippen molar-refractivity contribution in [3.63, 3.8) is 0 Å². The smallest absolute Gasteiger partial charge is 0.242 e. The summed E-state index contributed by atoms with van der Waals surface area (Å²) in [4.78, 5) is 41.4. The lowest BCUT2D eigenvalue weighted by atomic mass is 9.80. The molecular weight excluding hydrogens is 316 g/mol. The fourth-order valence-corrected chi connectivity index (χ4v) is 4.61. The minimum atomic E-state index is -0.729. The van der Waals surface area contributed by atoms with E-state index in [0.717, 1.165) is 56.3 Å². The van der Waals surface area contributed by atoms with Crippen LogP contribution in [-0.4, -0.2) is 47.2 Å². The molecule has 1 atom stereocenters. The lowest BCUT2D eigenvalue weighted by Gasteiger charge is -2.25. The van der Waals surface area contributed by atoms with Crippen LogP contribution in [0.15, 0.2) is 24.3 Å². The fraction of sp³-hybridized carbons (Fsp3) is 0.550. The van der Waals surface area contributed by atoms with Crippen LogP contribution in [0, 0.1) is 0 Å². The molecule has 2 fully saturated rings. The highest BCUT2D eigenvalue weighted by Gasteiger charge is 2.55. The largest absolute Gasteiger partial charge is 0.341 e. The predicted octanol–water partition coefficient (Wildman–Crippen LogP) is 2.03. The Kier molecular flexibility index (Phi) is 4.10. The molecule has 3 amide bonds. The molecule has 3 aliphatic rings. The van der Waals surface area contributed by atoms with Crippen LogP contribution in [-0.2, 0) is 26.2 Å². The number of benzene rings is 1. The first-order valence-corrected chi connectivity index (χ1v) is 9.33. The molecule has 4 rings (SSSR count). The predicted molar refractivity (Wildman–Crippen MR) is 92.8 cm³/mol. The second-order valence-electron chi connectivity index (χ2n) is 7.50. The molecule has 5 heteroatoms. The first-order chi connectivity index (χ1) is 12.1. The van der Waals surface area contributed by atoms with E-state index in [1.165, 1.54) is 4.90 Å². The number of fused-ring (bicyclic) bond motifs is 2. The van der Waals surface area contributed by atoms with Gasteiger partial charge in [-0.1, -0.05) is 37.1 Å². The van der Waals surface area contributed by atoms with Gasteiger partial charge in [-0.2, -0.15) is 0 Å². The van der Waals surface area contributed by atoms with Crippen LogP contribution in [0.25, 0.3) is 0 Å². The Balaban J connectivity index is 1.53. The minimum Gasteiger partial charge on any atom is -0.341 e. The van der Waals surface area contributed by atoms with Crippen molar-refractivity contribution in [2.45, 2.75) is 50.4 Å². The molecule has 0 aromatic heterocycles. The molecule has 1 aromatic rings. The lowest BCUT2D eigenvalue weighted by Crippen LogP contribution is -2.45. The van der Waals surface area contributed by atoms with E-state index in [4.69, 9.17) is 0 Å². The molecule has 0 N–H and O–H groups in total. The van der Waals surface area contributed by atoms with Gasteiger partial charge in [-0.25, -0.2) is 0 Å². The summed E-state index contributed by atoms with van der Waals surface area (Å²) in [5.74, 6) is -0.470. The second-order valence-corrected chi connectivity index (χ2v) is 7.50. The van der Waals surface area contributed by atoms with Crippen LogP contribution < -0.4 is 0 Å². The van der Waals surface area contributed by atoms with Gasteiger partial charge in [-0.3, -0.25) is 19.3 Å². The van der Waals surface area contributed by atoms with Gasteiger partial charge in [0.15, 0.2) is 0 Å². The Morgan fingerprint density at radius 3 is 2.52 bits per heavy atom. The van der Waals surface area contributed by atoms with Gasteiger partial charge >= 0.3 is 0 Å². The number of carbonyl (C=O) groups excluding carboxylic acids is 3. The van der Waals surface area contributed by atoms with Crippen molar-refractivity contribution in [2.75, 3.05) is 19.6 Å². The molecule has 0 unspecified atom stereocenters. The summed E-state index contributed by atoms with van der Waals surface area (Å²) < 4.78 is 0. The molecule has 0 bridgehead atoms. The third kappa shape index (κ3) is 2.66. The number of nitrogens with zero attached hydrogens (tertiary/aromatic N) is 2. The number of hydrogen-bond acceptors (Lipinski definition) is 3. The van der Waals surface area contributed by atoms with E-state index in [0.29, 0.717) is 6.42 Å². The van der Waals surface area contributed by atoms with Crippen molar-refractivity contribution in [2.24, 2.45) is 0 Å². The minimum absolute atomic E-state index is 0.0908. The summed E-state index contributed by atoms with van der Waals surface area (Å²) in [6.45, 7) is 1.38. The molecular formula is C20H24N2O3. The van der Waals surface area contributed by atoms with E-state index in [9.17, 15) is 14.4 Å². The zero-order chi connectivity index (χ0) is 17.4. The van der Waals surface area contributed by atoms with Gasteiger partial charge in [-0.15, -0.1) is 0 Å². The molecule has 25 heavy (non-hydrogen) atoms. The topological polar surface area (TPSA) is 57.7 Å². The second kappa shape index (κ2) is 6.28. The Morgan fingerprint density at radius 2 is 1.76 bits per heavy atom. The highest BCUT2D eigenvalue weighted by atomic mass is 16.2. The Bertz CT molecular complexity index is 721. The molecule has 2 heterocycles. The van der Waals surface area contributed by atoms with Crippen molar-refractivity contribution >= 4 is 17.7 Å². The zero-order valence-electron chi connectivity index (χ0n) is 14.5. The molecule has 2 aliphatic heterocycles. The monoisotopic (exact) mass is 340 g/mol. The Hall–Kier alpha value is -2.17. The number of amides is 3. The van der Waals surface area contributed by atoms with E-state index in [2.05, 4.69) is 0 Å². The maximum absolute atomic E-state index is 13.1. The third-order valence-corrected chi connectivity index (χ3v) is 6.01. The zero-order valence-corrected chi connectivity index (χ0v) is 14.5. The van der Waals surface area contributed by atoms with Gasteiger partial charge in [0.25, 0.3) is 0 Å². The number of likely N-dealkylation sites (tertiary alicyclic amines) is 2. The lowest BCUT2D eigenvalue weighted by molar-refractivity contribution is -0.146. The summed E-state index contributed by atoms with van der Waals surface area (Å²) in [5, 5.41) is 0. The van der Waals surface area contributed by atoms with Crippen LogP contribution in [0.5, 0.6) is 0 Å². The molecule has 2 saturated heterocycles. The van der Waals surface area contributed by atoms with E-state index in [-0.39, 0.29) is 30.7 Å². The summed E-state index contributed by atoms with van der Waals surface area (Å²) in [7, 11) is 0. The van der Waals surface area contributed by atoms with Crippen molar-refractivity contribution in [3.8, 4) is 0 Å². The Labute approximate surface area is 148 Å².